The van der Waals surface area contributed by atoms with Gasteiger partial charge in [-0.25, -0.2) is 4.68 Å². The average Bonchev–Trinajstić information content (AvgIpc) is 3.15. The van der Waals surface area contributed by atoms with Gasteiger partial charge < -0.3 is 10.1 Å². The van der Waals surface area contributed by atoms with Gasteiger partial charge in [-0.05, 0) is 0 Å². The lowest BCUT2D eigenvalue weighted by Crippen LogP contribution is -2.24. The summed E-state index contributed by atoms with van der Waals surface area (Å²) < 4.78 is 42.8. The first-order valence-electron chi connectivity index (χ1n) is 7.28. The van der Waals surface area contributed by atoms with Crippen molar-refractivity contribution >= 4 is 17.3 Å². The zero-order chi connectivity index (χ0) is 19.3. The molecule has 0 bridgehead atoms. The van der Waals surface area contributed by atoms with Crippen molar-refractivity contribution in [1.29, 1.82) is 0 Å². The number of alkyl halides is 3. The summed E-state index contributed by atoms with van der Waals surface area (Å²) in [5, 5.41) is 20.7. The lowest BCUT2D eigenvalue weighted by atomic mass is 10.1. The molecule has 142 valence electrons. The molecule has 1 atom stereocenters. The maximum Gasteiger partial charge on any atom is 0.411 e. The zero-order valence-corrected chi connectivity index (χ0v) is 13.5. The van der Waals surface area contributed by atoms with Crippen LogP contribution in [-0.4, -0.2) is 43.2 Å². The molecule has 2 heterocycles. The van der Waals surface area contributed by atoms with Crippen LogP contribution < -0.4 is 5.32 Å². The molecule has 1 N–H and O–H groups in total. The van der Waals surface area contributed by atoms with E-state index >= 15 is 0 Å². The molecular formula is C13H15F3N6O4. The summed E-state index contributed by atoms with van der Waals surface area (Å²) in [6, 6.07) is 0. The summed E-state index contributed by atoms with van der Waals surface area (Å²) in [5.74, 6) is -0.974. The second-order valence-electron chi connectivity index (χ2n) is 5.43. The molecule has 1 unspecified atom stereocenters. The van der Waals surface area contributed by atoms with Crippen LogP contribution in [0.15, 0.2) is 24.8 Å². The quantitative estimate of drug-likeness (QED) is 0.555. The van der Waals surface area contributed by atoms with Crippen molar-refractivity contribution in [3.05, 3.63) is 34.9 Å². The van der Waals surface area contributed by atoms with Gasteiger partial charge in [0.05, 0.1) is 35.5 Å². The number of halogens is 3. The minimum Gasteiger partial charge on any atom is -0.350 e. The standard InChI is InChI=1S/C13H15F3N6O4/c1-9(4-20-6-11(3-18-20)22(24)25)12(23)19-10-2-17-21(5-10)8-26-7-13(14,15)16/h2-3,5-6,9H,4,7-8H2,1H3,(H,19,23). The topological polar surface area (TPSA) is 117 Å². The third kappa shape index (κ3) is 5.84. The van der Waals surface area contributed by atoms with Gasteiger partial charge in [0.2, 0.25) is 5.91 Å². The smallest absolute Gasteiger partial charge is 0.350 e. The van der Waals surface area contributed by atoms with Gasteiger partial charge in [-0.15, -0.1) is 0 Å². The van der Waals surface area contributed by atoms with Crippen LogP contribution in [-0.2, 0) is 22.8 Å². The van der Waals surface area contributed by atoms with Crippen molar-refractivity contribution in [3.8, 4) is 0 Å². The number of hydrogen-bond acceptors (Lipinski definition) is 6. The molecular weight excluding hydrogens is 361 g/mol. The van der Waals surface area contributed by atoms with E-state index in [0.29, 0.717) is 0 Å². The molecule has 2 aromatic rings. The van der Waals surface area contributed by atoms with Gasteiger partial charge in [0.1, 0.15) is 25.7 Å². The Morgan fingerprint density at radius 1 is 1.35 bits per heavy atom. The summed E-state index contributed by atoms with van der Waals surface area (Å²) in [5.41, 5.74) is 0.0987. The van der Waals surface area contributed by atoms with Gasteiger partial charge >= 0.3 is 11.9 Å². The van der Waals surface area contributed by atoms with Crippen LogP contribution in [0.1, 0.15) is 6.92 Å². The highest BCUT2D eigenvalue weighted by Crippen LogP contribution is 2.15. The number of nitro groups is 1. The Kier molecular flexibility index (Phi) is 5.92. The summed E-state index contributed by atoms with van der Waals surface area (Å²) in [7, 11) is 0. The summed E-state index contributed by atoms with van der Waals surface area (Å²) in [6.45, 7) is -0.105. The second-order valence-corrected chi connectivity index (χ2v) is 5.43. The molecule has 13 heteroatoms. The Bertz CT molecular complexity index is 772. The highest BCUT2D eigenvalue weighted by molar-refractivity contribution is 5.91. The van der Waals surface area contributed by atoms with E-state index in [1.807, 2.05) is 0 Å². The number of anilines is 1. The zero-order valence-electron chi connectivity index (χ0n) is 13.5. The molecule has 0 spiro atoms. The molecule has 26 heavy (non-hydrogen) atoms. The van der Waals surface area contributed by atoms with E-state index in [1.165, 1.54) is 23.3 Å². The van der Waals surface area contributed by atoms with Crippen molar-refractivity contribution in [1.82, 2.24) is 19.6 Å². The van der Waals surface area contributed by atoms with Crippen LogP contribution >= 0.6 is 0 Å². The first kappa shape index (κ1) is 19.4. The summed E-state index contributed by atoms with van der Waals surface area (Å²) >= 11 is 0. The fraction of sp³-hybridized carbons (Fsp3) is 0.462. The van der Waals surface area contributed by atoms with Crippen LogP contribution in [0, 0.1) is 16.0 Å². The third-order valence-corrected chi connectivity index (χ3v) is 3.13. The van der Waals surface area contributed by atoms with Gasteiger partial charge in [-0.2, -0.15) is 23.4 Å². The van der Waals surface area contributed by atoms with Gasteiger partial charge in [-0.1, -0.05) is 6.92 Å². The Hall–Kier alpha value is -2.96. The van der Waals surface area contributed by atoms with E-state index in [-0.39, 0.29) is 17.9 Å². The fourth-order valence-corrected chi connectivity index (χ4v) is 1.93. The monoisotopic (exact) mass is 376 g/mol. The van der Waals surface area contributed by atoms with Crippen LogP contribution in [0.25, 0.3) is 0 Å². The minimum atomic E-state index is -4.43. The molecule has 10 nitrogen and oxygen atoms in total. The molecule has 0 aliphatic rings. The number of amides is 1. The van der Waals surface area contributed by atoms with Crippen LogP contribution in [0.5, 0.6) is 0 Å². The fourth-order valence-electron chi connectivity index (χ4n) is 1.93. The Balaban J connectivity index is 1.83. The molecule has 0 aliphatic carbocycles. The lowest BCUT2D eigenvalue weighted by Gasteiger charge is -2.10. The highest BCUT2D eigenvalue weighted by Gasteiger charge is 2.27. The Labute approximate surface area is 144 Å². The number of aromatic nitrogens is 4. The van der Waals surface area contributed by atoms with Crippen LogP contribution in [0.3, 0.4) is 0 Å². The van der Waals surface area contributed by atoms with E-state index in [2.05, 4.69) is 20.3 Å². The minimum absolute atomic E-state index is 0.114. The predicted molar refractivity (Wildman–Crippen MR) is 80.9 cm³/mol. The summed E-state index contributed by atoms with van der Waals surface area (Å²) in [4.78, 5) is 22.1. The molecule has 0 aliphatic heterocycles. The number of carbonyl (C=O) groups excluding carboxylic acids is 1. The molecule has 2 rings (SSSR count). The maximum atomic E-state index is 12.1. The van der Waals surface area contributed by atoms with E-state index < -0.39 is 36.3 Å². The Morgan fingerprint density at radius 2 is 2.04 bits per heavy atom. The highest BCUT2D eigenvalue weighted by atomic mass is 19.4. The third-order valence-electron chi connectivity index (χ3n) is 3.13. The second kappa shape index (κ2) is 7.95. The van der Waals surface area contributed by atoms with Crippen molar-refractivity contribution in [3.63, 3.8) is 0 Å². The lowest BCUT2D eigenvalue weighted by molar-refractivity contribution is -0.385. The van der Waals surface area contributed by atoms with E-state index in [9.17, 15) is 28.1 Å². The van der Waals surface area contributed by atoms with Crippen molar-refractivity contribution < 1.29 is 27.6 Å². The van der Waals surface area contributed by atoms with E-state index in [1.54, 1.807) is 6.92 Å². The average molecular weight is 376 g/mol. The molecule has 2 aromatic heterocycles. The number of carbonyl (C=O) groups is 1. The van der Waals surface area contributed by atoms with E-state index in [0.717, 1.165) is 10.9 Å². The van der Waals surface area contributed by atoms with Gasteiger partial charge in [-0.3, -0.25) is 19.6 Å². The number of hydrogen-bond donors (Lipinski definition) is 1. The van der Waals surface area contributed by atoms with Crippen molar-refractivity contribution in [2.75, 3.05) is 11.9 Å². The number of nitrogens with one attached hydrogen (secondary N) is 1. The predicted octanol–water partition coefficient (Wildman–Crippen LogP) is 1.80. The molecule has 0 saturated heterocycles. The van der Waals surface area contributed by atoms with Gasteiger partial charge in [0.25, 0.3) is 0 Å². The van der Waals surface area contributed by atoms with Crippen LogP contribution in [0.4, 0.5) is 24.5 Å². The first-order valence-corrected chi connectivity index (χ1v) is 7.28. The maximum absolute atomic E-state index is 12.1. The largest absolute Gasteiger partial charge is 0.411 e. The molecule has 0 saturated carbocycles. The number of nitrogens with zero attached hydrogens (tertiary/aromatic N) is 5. The Morgan fingerprint density at radius 3 is 2.65 bits per heavy atom. The SMILES string of the molecule is CC(Cn1cc([N+](=O)[O-])cn1)C(=O)Nc1cnn(COCC(F)(F)F)c1. The molecule has 0 radical (unpaired) electrons. The van der Waals surface area contributed by atoms with E-state index in [4.69, 9.17) is 0 Å². The van der Waals surface area contributed by atoms with Gasteiger partial charge in [0, 0.05) is 0 Å². The number of ether oxygens (including phenoxy) is 1. The summed E-state index contributed by atoms with van der Waals surface area (Å²) in [6.07, 6.45) is 0.441. The normalized spacial score (nSPS) is 12.8. The molecule has 0 aromatic carbocycles. The molecule has 1 amide bonds. The van der Waals surface area contributed by atoms with Crippen LogP contribution in [0.2, 0.25) is 0 Å². The van der Waals surface area contributed by atoms with Crippen molar-refractivity contribution in [2.24, 2.45) is 5.92 Å². The molecule has 0 fully saturated rings. The van der Waals surface area contributed by atoms with Crippen molar-refractivity contribution in [2.45, 2.75) is 26.4 Å². The first-order chi connectivity index (χ1) is 12.1. The van der Waals surface area contributed by atoms with Gasteiger partial charge in [0.15, 0.2) is 0 Å². The number of rotatable bonds is 8.